The Kier molecular flexibility index (Phi) is 11.7. The molecule has 0 fully saturated rings. The number of fused-ring (bicyclic) bond motifs is 1. The van der Waals surface area contributed by atoms with Crippen LogP contribution in [0.4, 0.5) is 0 Å². The van der Waals surface area contributed by atoms with E-state index in [4.69, 9.17) is 14.5 Å². The van der Waals surface area contributed by atoms with Gasteiger partial charge in [0, 0.05) is 6.92 Å². The maximum atomic E-state index is 14.0. The van der Waals surface area contributed by atoms with Crippen molar-refractivity contribution < 1.29 is 27.5 Å². The molecule has 1 aromatic carbocycles. The van der Waals surface area contributed by atoms with Gasteiger partial charge in [0.25, 0.3) is 0 Å². The van der Waals surface area contributed by atoms with Gasteiger partial charge in [-0.1, -0.05) is 19.8 Å². The van der Waals surface area contributed by atoms with E-state index >= 15 is 0 Å². The van der Waals surface area contributed by atoms with Crippen molar-refractivity contribution in [2.45, 2.75) is 107 Å². The molecule has 1 amide bonds. The fourth-order valence-corrected chi connectivity index (χ4v) is 14.6. The summed E-state index contributed by atoms with van der Waals surface area (Å²) in [5, 5.41) is 4.36. The SMILES string of the molecule is CCCCCCC(C(C)OC(C)=O)C12NC=NC1=NC(c1cc(S(=O)(=O)[As](CC)CC)ccc1OCCC)=NC2=O. The molecule has 0 saturated heterocycles. The minimum atomic E-state index is -3.48. The number of benzene rings is 1. The Morgan fingerprint density at radius 1 is 1.07 bits per heavy atom. The average Bonchev–Trinajstić information content (AvgIpc) is 3.37. The first-order valence-electron chi connectivity index (χ1n) is 14.5. The Hall–Kier alpha value is -2.52. The molecule has 0 saturated carbocycles. The number of esters is 1. The number of hydrogen-bond donors (Lipinski definition) is 1. The zero-order valence-corrected chi connectivity index (χ0v) is 27.7. The molecule has 3 rings (SSSR count). The predicted molar refractivity (Wildman–Crippen MR) is 163 cm³/mol. The van der Waals surface area contributed by atoms with E-state index in [9.17, 15) is 18.0 Å². The molecule has 41 heavy (non-hydrogen) atoms. The van der Waals surface area contributed by atoms with E-state index < -0.39 is 51.0 Å². The molecule has 1 N–H and O–H groups in total. The molecule has 3 unspecified atom stereocenters. The number of rotatable bonds is 16. The molecule has 0 aliphatic carbocycles. The van der Waals surface area contributed by atoms with Gasteiger partial charge in [-0.2, -0.15) is 0 Å². The number of hydrogen-bond acceptors (Lipinski definition) is 9. The molecule has 0 bridgehead atoms. The van der Waals surface area contributed by atoms with Gasteiger partial charge >= 0.3 is 217 Å². The number of unbranched alkanes of at least 4 members (excludes halogenated alkanes) is 3. The van der Waals surface area contributed by atoms with Crippen molar-refractivity contribution in [2.75, 3.05) is 6.61 Å². The zero-order valence-electron chi connectivity index (χ0n) is 25.0. The number of carbonyl (C=O) groups excluding carboxylic acids is 2. The molecule has 0 spiro atoms. The van der Waals surface area contributed by atoms with Crippen LogP contribution in [0.3, 0.4) is 0 Å². The Bertz CT molecular complexity index is 1310. The Labute approximate surface area is 247 Å². The summed E-state index contributed by atoms with van der Waals surface area (Å²) in [5.74, 6) is -0.738. The van der Waals surface area contributed by atoms with Crippen molar-refractivity contribution in [2.24, 2.45) is 20.9 Å². The Morgan fingerprint density at radius 2 is 1.80 bits per heavy atom. The van der Waals surface area contributed by atoms with E-state index in [-0.39, 0.29) is 16.6 Å². The van der Waals surface area contributed by atoms with Crippen molar-refractivity contribution in [1.82, 2.24) is 5.32 Å². The van der Waals surface area contributed by atoms with Gasteiger partial charge in [-0.3, -0.25) is 4.79 Å². The first-order valence-corrected chi connectivity index (χ1v) is 20.9. The number of nitrogens with zero attached hydrogens (tertiary/aromatic N) is 3. The van der Waals surface area contributed by atoms with Gasteiger partial charge in [0.05, 0.1) is 0 Å². The number of amides is 1. The topological polar surface area (TPSA) is 136 Å². The van der Waals surface area contributed by atoms with E-state index in [0.717, 1.165) is 32.1 Å². The maximum absolute atomic E-state index is 14.0. The van der Waals surface area contributed by atoms with Gasteiger partial charge in [-0.05, 0) is 0 Å². The molecule has 0 aromatic heterocycles. The Balaban J connectivity index is 2.10. The first-order chi connectivity index (χ1) is 19.6. The van der Waals surface area contributed by atoms with Crippen LogP contribution in [0.2, 0.25) is 10.4 Å². The number of aliphatic imine (C=N–C) groups is 3. The van der Waals surface area contributed by atoms with Crippen LogP contribution in [0, 0.1) is 5.92 Å². The normalized spacial score (nSPS) is 19.7. The van der Waals surface area contributed by atoms with E-state index in [1.165, 1.54) is 19.3 Å². The monoisotopic (exact) mass is 650 g/mol. The standard InChI is InChI=1S/C29H43AsN4O6S/c1-7-11-12-13-14-24(20(5)40-21(6)35)29-27(31-19-32-29)33-26(34-28(29)36)23-18-22(15-16-25(23)39-17-8-2)41(37,38)30(9-3)10-4/h15-16,18-20,24H,7-14,17H2,1-6H3,(H,31,32,33,34,36). The van der Waals surface area contributed by atoms with E-state index in [1.807, 2.05) is 20.8 Å². The first kappa shape index (κ1) is 33.0. The van der Waals surface area contributed by atoms with Crippen molar-refractivity contribution in [3.8, 4) is 5.75 Å². The third-order valence-electron chi connectivity index (χ3n) is 7.43. The van der Waals surface area contributed by atoms with Crippen LogP contribution >= 0.6 is 0 Å². The molecule has 12 heteroatoms. The van der Waals surface area contributed by atoms with E-state index in [0.29, 0.717) is 34.8 Å². The minimum absolute atomic E-state index is 0.0570. The average molecular weight is 651 g/mol. The molecule has 226 valence electrons. The van der Waals surface area contributed by atoms with Crippen LogP contribution in [-0.2, 0) is 22.4 Å². The van der Waals surface area contributed by atoms with Gasteiger partial charge in [-0.25, -0.2) is 0 Å². The van der Waals surface area contributed by atoms with Crippen molar-refractivity contribution in [3.05, 3.63) is 23.8 Å². The number of amidine groups is 2. The molecule has 2 heterocycles. The second kappa shape index (κ2) is 14.6. The summed E-state index contributed by atoms with van der Waals surface area (Å²) in [4.78, 5) is 39.6. The van der Waals surface area contributed by atoms with Gasteiger partial charge in [0.15, 0.2) is 0 Å². The molecule has 0 radical (unpaired) electrons. The van der Waals surface area contributed by atoms with Gasteiger partial charge in [0.1, 0.15) is 0 Å². The van der Waals surface area contributed by atoms with Crippen LogP contribution in [0.25, 0.3) is 0 Å². The summed E-state index contributed by atoms with van der Waals surface area (Å²) >= 11 is -2.19. The van der Waals surface area contributed by atoms with Crippen LogP contribution in [0.1, 0.15) is 85.6 Å². The Morgan fingerprint density at radius 3 is 2.44 bits per heavy atom. The summed E-state index contributed by atoms with van der Waals surface area (Å²) in [6, 6.07) is 4.73. The molecule has 2 aliphatic rings. The molecule has 1 aromatic rings. The summed E-state index contributed by atoms with van der Waals surface area (Å²) < 4.78 is 38.4. The molecular formula is C29H43AsN4O6S. The third-order valence-corrected chi connectivity index (χ3v) is 20.2. The quantitative estimate of drug-likeness (QED) is 0.153. The van der Waals surface area contributed by atoms with Gasteiger partial charge < -0.3 is 0 Å². The van der Waals surface area contributed by atoms with Crippen LogP contribution in [0.5, 0.6) is 5.75 Å². The van der Waals surface area contributed by atoms with Crippen molar-refractivity contribution >= 4 is 51.5 Å². The van der Waals surface area contributed by atoms with Crippen LogP contribution in [-0.4, -0.2) is 70.0 Å². The van der Waals surface area contributed by atoms with Gasteiger partial charge in [-0.15, -0.1) is 0 Å². The number of carbonyl (C=O) groups is 2. The van der Waals surface area contributed by atoms with E-state index in [2.05, 4.69) is 22.2 Å². The molecule has 10 nitrogen and oxygen atoms in total. The molecule has 2 aliphatic heterocycles. The van der Waals surface area contributed by atoms with Crippen LogP contribution in [0.15, 0.2) is 38.1 Å². The zero-order chi connectivity index (χ0) is 30.2. The predicted octanol–water partition coefficient (Wildman–Crippen LogP) is 4.87. The summed E-state index contributed by atoms with van der Waals surface area (Å²) in [5.41, 5.74) is -1.05. The van der Waals surface area contributed by atoms with Crippen LogP contribution < -0.4 is 10.1 Å². The molecular weight excluding hydrogens is 607 g/mol. The molecule has 3 atom stereocenters. The fraction of sp³-hybridized carbons (Fsp3) is 0.621. The van der Waals surface area contributed by atoms with E-state index in [1.54, 1.807) is 19.1 Å². The number of nitrogens with one attached hydrogen (secondary N) is 1. The fourth-order valence-electron chi connectivity index (χ4n) is 5.33. The summed E-state index contributed by atoms with van der Waals surface area (Å²) in [7, 11) is -3.48. The summed E-state index contributed by atoms with van der Waals surface area (Å²) in [6.45, 7) is 11.4. The summed E-state index contributed by atoms with van der Waals surface area (Å²) in [6.07, 6.45) is 6.10. The second-order valence-corrected chi connectivity index (χ2v) is 22.1. The third kappa shape index (κ3) is 7.11. The van der Waals surface area contributed by atoms with Gasteiger partial charge in [0.2, 0.25) is 0 Å². The van der Waals surface area contributed by atoms with Crippen molar-refractivity contribution in [3.63, 3.8) is 0 Å². The number of ether oxygens (including phenoxy) is 2. The second-order valence-electron chi connectivity index (χ2n) is 10.3. The van der Waals surface area contributed by atoms with Crippen molar-refractivity contribution in [1.29, 1.82) is 0 Å².